The van der Waals surface area contributed by atoms with E-state index in [1.54, 1.807) is 0 Å². The Balaban J connectivity index is 1.30. The van der Waals surface area contributed by atoms with Crippen molar-refractivity contribution in [2.24, 2.45) is 0 Å². The topological polar surface area (TPSA) is 90.9 Å². The van der Waals surface area contributed by atoms with Crippen molar-refractivity contribution >= 4 is 29.1 Å². The van der Waals surface area contributed by atoms with E-state index in [1.807, 2.05) is 43.3 Å². The maximum absolute atomic E-state index is 13.6. The number of hydrogen-bond donors (Lipinski definition) is 3. The van der Waals surface area contributed by atoms with Crippen LogP contribution in [0, 0.1) is 5.82 Å². The second-order valence-electron chi connectivity index (χ2n) is 9.85. The zero-order valence-electron chi connectivity index (χ0n) is 19.9. The molecule has 2 bridgehead atoms. The van der Waals surface area contributed by atoms with Crippen molar-refractivity contribution in [3.63, 3.8) is 0 Å². The molecule has 3 aliphatic carbocycles. The smallest absolute Gasteiger partial charge is 0.258 e. The van der Waals surface area contributed by atoms with Crippen LogP contribution in [0.15, 0.2) is 42.5 Å². The minimum atomic E-state index is -0.767. The van der Waals surface area contributed by atoms with E-state index in [0.717, 1.165) is 17.3 Å². The van der Waals surface area contributed by atoms with E-state index in [2.05, 4.69) is 10.6 Å². The van der Waals surface area contributed by atoms with Gasteiger partial charge in [0.15, 0.2) is 6.61 Å². The zero-order chi connectivity index (χ0) is 25.2. The molecule has 3 aliphatic rings. The highest BCUT2D eigenvalue weighted by atomic mass is 35.5. The van der Waals surface area contributed by atoms with E-state index in [4.69, 9.17) is 16.3 Å². The summed E-state index contributed by atoms with van der Waals surface area (Å²) in [7, 11) is 3.93. The number of aliphatic hydroxyl groups is 1. The Bertz CT molecular complexity index is 1080. The summed E-state index contributed by atoms with van der Waals surface area (Å²) in [5.74, 6) is -0.865. The number of benzene rings is 2. The molecule has 1 unspecified atom stereocenters. The molecule has 188 valence electrons. The number of anilines is 1. The van der Waals surface area contributed by atoms with Gasteiger partial charge in [-0.05, 0) is 61.9 Å². The number of nitrogens with one attached hydrogen (secondary N) is 2. The summed E-state index contributed by atoms with van der Waals surface area (Å²) in [6.45, 7) is -0.270. The molecule has 7 nitrogen and oxygen atoms in total. The average Bonchev–Trinajstić information content (AvgIpc) is 2.81. The van der Waals surface area contributed by atoms with Crippen LogP contribution in [0.1, 0.15) is 37.7 Å². The lowest BCUT2D eigenvalue weighted by atomic mass is 9.60. The molecule has 35 heavy (non-hydrogen) atoms. The number of aliphatic hydroxyl groups excluding tert-OH is 1. The number of rotatable bonds is 8. The number of carbonyl (C=O) groups is 2. The first-order chi connectivity index (χ1) is 16.6. The Labute approximate surface area is 209 Å². The number of fused-ring (bicyclic) bond motifs is 3. The van der Waals surface area contributed by atoms with Crippen LogP contribution in [0.4, 0.5) is 10.1 Å². The van der Waals surface area contributed by atoms with E-state index >= 15 is 0 Å². The summed E-state index contributed by atoms with van der Waals surface area (Å²) < 4.78 is 19.0. The molecule has 3 fully saturated rings. The summed E-state index contributed by atoms with van der Waals surface area (Å²) in [4.78, 5) is 27.3. The van der Waals surface area contributed by atoms with Crippen molar-refractivity contribution in [3.8, 4) is 5.75 Å². The van der Waals surface area contributed by atoms with Crippen LogP contribution in [-0.4, -0.2) is 54.8 Å². The van der Waals surface area contributed by atoms with Crippen LogP contribution in [0.2, 0.25) is 5.02 Å². The highest BCUT2D eigenvalue weighted by molar-refractivity contribution is 6.30. The summed E-state index contributed by atoms with van der Waals surface area (Å²) in [6.07, 6.45) is 2.26. The molecule has 0 spiro atoms. The standard InChI is InChI=1S/C26H31ClFN3O4/c1-31(2)18-5-3-17(4-6-18)13-23(33)30-26-11-9-25(10-12-26,15-22(26)32)29-24(34)16-35-19-7-8-20(27)21(28)14-19/h3-8,14,22,32H,9-13,15-16H2,1-2H3,(H,29,34)(H,30,33). The minimum absolute atomic E-state index is 0.0168. The molecule has 0 saturated heterocycles. The lowest BCUT2D eigenvalue weighted by molar-refractivity contribution is -0.135. The molecule has 3 saturated carbocycles. The SMILES string of the molecule is CN(C)c1ccc(CC(=O)NC23CCC(NC(=O)COc4ccc(Cl)c(F)c4)(CC2)CC3O)cc1. The molecule has 2 aromatic rings. The van der Waals surface area contributed by atoms with Crippen LogP contribution in [-0.2, 0) is 16.0 Å². The van der Waals surface area contributed by atoms with Crippen LogP contribution in [0.3, 0.4) is 0 Å². The largest absolute Gasteiger partial charge is 0.484 e. The van der Waals surface area contributed by atoms with Crippen LogP contribution in [0.5, 0.6) is 5.75 Å². The van der Waals surface area contributed by atoms with Crippen LogP contribution < -0.4 is 20.3 Å². The van der Waals surface area contributed by atoms with Crippen molar-refractivity contribution in [1.82, 2.24) is 10.6 Å². The lowest BCUT2D eigenvalue weighted by Gasteiger charge is -2.56. The fourth-order valence-electron chi connectivity index (χ4n) is 5.13. The number of halogens is 2. The van der Waals surface area contributed by atoms with Gasteiger partial charge in [0.1, 0.15) is 11.6 Å². The summed E-state index contributed by atoms with van der Waals surface area (Å²) >= 11 is 5.67. The summed E-state index contributed by atoms with van der Waals surface area (Å²) in [5, 5.41) is 17.0. The molecular weight excluding hydrogens is 473 g/mol. The molecule has 1 atom stereocenters. The van der Waals surface area contributed by atoms with Gasteiger partial charge in [-0.15, -0.1) is 0 Å². The first-order valence-electron chi connectivity index (χ1n) is 11.7. The molecule has 2 aromatic carbocycles. The number of nitrogens with zero attached hydrogens (tertiary/aromatic N) is 1. The average molecular weight is 504 g/mol. The predicted octanol–water partition coefficient (Wildman–Crippen LogP) is 3.22. The van der Waals surface area contributed by atoms with Gasteiger partial charge < -0.3 is 25.4 Å². The van der Waals surface area contributed by atoms with Gasteiger partial charge >= 0.3 is 0 Å². The zero-order valence-corrected chi connectivity index (χ0v) is 20.7. The highest BCUT2D eigenvalue weighted by Gasteiger charge is 2.55. The molecule has 0 aliphatic heterocycles. The van der Waals surface area contributed by atoms with E-state index in [-0.39, 0.29) is 35.6 Å². The Morgan fingerprint density at radius 1 is 1.09 bits per heavy atom. The third-order valence-corrected chi connectivity index (χ3v) is 7.50. The number of amides is 2. The summed E-state index contributed by atoms with van der Waals surface area (Å²) in [6, 6.07) is 11.8. The quantitative estimate of drug-likeness (QED) is 0.514. The van der Waals surface area contributed by atoms with Gasteiger partial charge in [0, 0.05) is 31.4 Å². The first kappa shape index (κ1) is 25.3. The monoisotopic (exact) mass is 503 g/mol. The van der Waals surface area contributed by atoms with Gasteiger partial charge in [-0.1, -0.05) is 23.7 Å². The molecule has 2 amide bonds. The number of ether oxygens (including phenoxy) is 1. The normalized spacial score (nSPS) is 25.1. The highest BCUT2D eigenvalue weighted by Crippen LogP contribution is 2.47. The van der Waals surface area contributed by atoms with Gasteiger partial charge in [-0.25, -0.2) is 4.39 Å². The van der Waals surface area contributed by atoms with Crippen molar-refractivity contribution in [2.45, 2.75) is 55.7 Å². The minimum Gasteiger partial charge on any atom is -0.484 e. The second-order valence-corrected chi connectivity index (χ2v) is 10.3. The third kappa shape index (κ3) is 5.70. The number of hydrogen-bond acceptors (Lipinski definition) is 5. The second kappa shape index (κ2) is 10.0. The van der Waals surface area contributed by atoms with Crippen molar-refractivity contribution in [1.29, 1.82) is 0 Å². The molecule has 5 rings (SSSR count). The van der Waals surface area contributed by atoms with Gasteiger partial charge in [0.2, 0.25) is 5.91 Å². The molecule has 3 N–H and O–H groups in total. The Hall–Kier alpha value is -2.84. The molecule has 9 heteroatoms. The van der Waals surface area contributed by atoms with Crippen LogP contribution in [0.25, 0.3) is 0 Å². The number of carbonyl (C=O) groups excluding carboxylic acids is 2. The first-order valence-corrected chi connectivity index (χ1v) is 12.1. The van der Waals surface area contributed by atoms with Crippen molar-refractivity contribution in [2.75, 3.05) is 25.6 Å². The van der Waals surface area contributed by atoms with Gasteiger partial charge in [0.05, 0.1) is 23.1 Å². The van der Waals surface area contributed by atoms with E-state index in [0.29, 0.717) is 32.1 Å². The van der Waals surface area contributed by atoms with E-state index in [1.165, 1.54) is 12.1 Å². The fraction of sp³-hybridized carbons (Fsp3) is 0.462. The predicted molar refractivity (Wildman–Crippen MR) is 132 cm³/mol. The van der Waals surface area contributed by atoms with E-state index < -0.39 is 23.0 Å². The Kier molecular flexibility index (Phi) is 7.24. The van der Waals surface area contributed by atoms with Crippen molar-refractivity contribution < 1.29 is 23.8 Å². The van der Waals surface area contributed by atoms with E-state index in [9.17, 15) is 19.1 Å². The van der Waals surface area contributed by atoms with Gasteiger partial charge in [0.25, 0.3) is 5.91 Å². The molecule has 0 radical (unpaired) electrons. The molecule has 0 heterocycles. The van der Waals surface area contributed by atoms with Gasteiger partial charge in [-0.2, -0.15) is 0 Å². The fourth-order valence-corrected chi connectivity index (χ4v) is 5.25. The van der Waals surface area contributed by atoms with Crippen molar-refractivity contribution in [3.05, 3.63) is 58.9 Å². The van der Waals surface area contributed by atoms with Crippen LogP contribution >= 0.6 is 11.6 Å². The maximum atomic E-state index is 13.6. The maximum Gasteiger partial charge on any atom is 0.258 e. The van der Waals surface area contributed by atoms with Gasteiger partial charge in [-0.3, -0.25) is 9.59 Å². The molecule has 0 aromatic heterocycles. The lowest BCUT2D eigenvalue weighted by Crippen LogP contribution is -2.70. The summed E-state index contributed by atoms with van der Waals surface area (Å²) in [5.41, 5.74) is 0.754. The Morgan fingerprint density at radius 3 is 2.37 bits per heavy atom. The molecular formula is C26H31ClFN3O4. The third-order valence-electron chi connectivity index (χ3n) is 7.19. The Morgan fingerprint density at radius 2 is 1.77 bits per heavy atom.